The number of hydrogen-bond donors (Lipinski definition) is 2. The SMILES string of the molecule is CNC(=O)c1ccc(NC(=O)c2c(C)ccn(-c3ccc(F)cc3)c2=O)c(C)c1. The average molecular weight is 393 g/mol. The van der Waals surface area contributed by atoms with Crippen LogP contribution in [0.4, 0.5) is 10.1 Å². The number of anilines is 1. The number of amides is 2. The van der Waals surface area contributed by atoms with Gasteiger partial charge in [-0.25, -0.2) is 4.39 Å². The first kappa shape index (κ1) is 20.0. The van der Waals surface area contributed by atoms with Crippen LogP contribution in [0.2, 0.25) is 0 Å². The van der Waals surface area contributed by atoms with Crippen LogP contribution >= 0.6 is 0 Å². The Kier molecular flexibility index (Phi) is 5.59. The zero-order valence-electron chi connectivity index (χ0n) is 16.2. The first-order chi connectivity index (χ1) is 13.8. The summed E-state index contributed by atoms with van der Waals surface area (Å²) >= 11 is 0. The quantitative estimate of drug-likeness (QED) is 0.714. The summed E-state index contributed by atoms with van der Waals surface area (Å²) in [6, 6.07) is 12.0. The van der Waals surface area contributed by atoms with Crippen LogP contribution in [-0.2, 0) is 0 Å². The van der Waals surface area contributed by atoms with Gasteiger partial charge in [0.25, 0.3) is 17.4 Å². The van der Waals surface area contributed by atoms with Gasteiger partial charge in [0.05, 0.1) is 0 Å². The van der Waals surface area contributed by atoms with E-state index in [0.717, 1.165) is 0 Å². The number of halogens is 1. The lowest BCUT2D eigenvalue weighted by Gasteiger charge is -2.13. The maximum absolute atomic E-state index is 13.2. The van der Waals surface area contributed by atoms with Crippen LogP contribution in [0.25, 0.3) is 5.69 Å². The molecule has 0 unspecified atom stereocenters. The van der Waals surface area contributed by atoms with Crippen LogP contribution in [0.1, 0.15) is 31.8 Å². The van der Waals surface area contributed by atoms with Crippen molar-refractivity contribution in [1.29, 1.82) is 0 Å². The van der Waals surface area contributed by atoms with E-state index in [1.54, 1.807) is 44.3 Å². The number of nitrogens with zero attached hydrogens (tertiary/aromatic N) is 1. The van der Waals surface area contributed by atoms with Crippen molar-refractivity contribution in [2.45, 2.75) is 13.8 Å². The van der Waals surface area contributed by atoms with Gasteiger partial charge in [-0.15, -0.1) is 0 Å². The largest absolute Gasteiger partial charge is 0.355 e. The zero-order chi connectivity index (χ0) is 21.1. The third-order valence-corrected chi connectivity index (χ3v) is 4.60. The molecule has 0 saturated heterocycles. The second-order valence-electron chi connectivity index (χ2n) is 6.59. The van der Waals surface area contributed by atoms with Gasteiger partial charge in [-0.3, -0.25) is 19.0 Å². The number of carbonyl (C=O) groups is 2. The predicted octanol–water partition coefficient (Wildman–Crippen LogP) is 3.21. The van der Waals surface area contributed by atoms with E-state index in [2.05, 4.69) is 10.6 Å². The fraction of sp³-hybridized carbons (Fsp3) is 0.136. The summed E-state index contributed by atoms with van der Waals surface area (Å²) in [5, 5.41) is 5.28. The lowest BCUT2D eigenvalue weighted by molar-refractivity contribution is 0.0962. The second-order valence-corrected chi connectivity index (χ2v) is 6.59. The average Bonchev–Trinajstić information content (AvgIpc) is 2.70. The van der Waals surface area contributed by atoms with Crippen molar-refractivity contribution in [2.75, 3.05) is 12.4 Å². The van der Waals surface area contributed by atoms with E-state index in [9.17, 15) is 18.8 Å². The summed E-state index contributed by atoms with van der Waals surface area (Å²) in [7, 11) is 1.54. The van der Waals surface area contributed by atoms with Crippen molar-refractivity contribution in [3.63, 3.8) is 0 Å². The van der Waals surface area contributed by atoms with E-state index in [-0.39, 0.29) is 11.5 Å². The molecule has 148 valence electrons. The number of nitrogens with one attached hydrogen (secondary N) is 2. The van der Waals surface area contributed by atoms with Gasteiger partial charge in [0.15, 0.2) is 0 Å². The molecule has 1 heterocycles. The van der Waals surface area contributed by atoms with E-state index in [1.165, 1.54) is 35.9 Å². The van der Waals surface area contributed by atoms with Crippen molar-refractivity contribution < 1.29 is 14.0 Å². The highest BCUT2D eigenvalue weighted by molar-refractivity contribution is 6.05. The van der Waals surface area contributed by atoms with Crippen LogP contribution in [0.3, 0.4) is 0 Å². The Balaban J connectivity index is 1.96. The number of aromatic nitrogens is 1. The molecule has 1 aromatic heterocycles. The van der Waals surface area contributed by atoms with Crippen LogP contribution in [0.5, 0.6) is 0 Å². The number of rotatable bonds is 4. The summed E-state index contributed by atoms with van der Waals surface area (Å²) in [6.07, 6.45) is 1.55. The lowest BCUT2D eigenvalue weighted by Crippen LogP contribution is -2.29. The number of pyridine rings is 1. The molecule has 2 aromatic carbocycles. The third-order valence-electron chi connectivity index (χ3n) is 4.60. The molecule has 2 N–H and O–H groups in total. The summed E-state index contributed by atoms with van der Waals surface area (Å²) in [5.74, 6) is -1.20. The molecule has 3 rings (SSSR count). The molecule has 0 aliphatic carbocycles. The summed E-state index contributed by atoms with van der Waals surface area (Å²) < 4.78 is 14.5. The standard InChI is InChI=1S/C22H20FN3O3/c1-13-10-11-26(17-7-5-16(23)6-8-17)22(29)19(13)21(28)25-18-9-4-15(12-14(18)2)20(27)24-3/h4-12H,1-3H3,(H,24,27)(H,25,28). The first-order valence-electron chi connectivity index (χ1n) is 8.94. The van der Waals surface area contributed by atoms with Gasteiger partial charge < -0.3 is 10.6 Å². The molecule has 0 aliphatic rings. The summed E-state index contributed by atoms with van der Waals surface area (Å²) in [5.41, 5.74) is 2.12. The van der Waals surface area contributed by atoms with Crippen molar-refractivity contribution in [1.82, 2.24) is 9.88 Å². The molecule has 29 heavy (non-hydrogen) atoms. The first-order valence-corrected chi connectivity index (χ1v) is 8.94. The molecule has 0 fully saturated rings. The number of carbonyl (C=O) groups excluding carboxylic acids is 2. The predicted molar refractivity (Wildman–Crippen MR) is 109 cm³/mol. The van der Waals surface area contributed by atoms with Crippen LogP contribution in [0, 0.1) is 19.7 Å². The Hall–Kier alpha value is -3.74. The Labute approximate surface area is 167 Å². The van der Waals surface area contributed by atoms with Crippen molar-refractivity contribution in [2.24, 2.45) is 0 Å². The molecular weight excluding hydrogens is 373 g/mol. The van der Waals surface area contributed by atoms with Crippen molar-refractivity contribution in [3.8, 4) is 5.69 Å². The highest BCUT2D eigenvalue weighted by Gasteiger charge is 2.18. The topological polar surface area (TPSA) is 80.2 Å². The Morgan fingerprint density at radius 2 is 1.62 bits per heavy atom. The van der Waals surface area contributed by atoms with Crippen molar-refractivity contribution >= 4 is 17.5 Å². The molecule has 6 nitrogen and oxygen atoms in total. The highest BCUT2D eigenvalue weighted by Crippen LogP contribution is 2.18. The Morgan fingerprint density at radius 3 is 2.24 bits per heavy atom. The molecule has 0 radical (unpaired) electrons. The van der Waals surface area contributed by atoms with E-state index in [4.69, 9.17) is 0 Å². The van der Waals surface area contributed by atoms with E-state index >= 15 is 0 Å². The maximum atomic E-state index is 13.2. The monoisotopic (exact) mass is 393 g/mol. The van der Waals surface area contributed by atoms with E-state index in [1.807, 2.05) is 0 Å². The van der Waals surface area contributed by atoms with Gasteiger partial charge in [-0.1, -0.05) is 0 Å². The zero-order valence-corrected chi connectivity index (χ0v) is 16.2. The Bertz CT molecular complexity index is 1150. The minimum Gasteiger partial charge on any atom is -0.355 e. The molecule has 0 saturated carbocycles. The van der Waals surface area contributed by atoms with Gasteiger partial charge in [0.2, 0.25) is 0 Å². The molecule has 3 aromatic rings. The van der Waals surface area contributed by atoms with Gasteiger partial charge in [-0.2, -0.15) is 0 Å². The van der Waals surface area contributed by atoms with Gasteiger partial charge in [-0.05, 0) is 73.5 Å². The van der Waals surface area contributed by atoms with E-state index in [0.29, 0.717) is 28.1 Å². The van der Waals surface area contributed by atoms with Gasteiger partial charge in [0.1, 0.15) is 11.4 Å². The van der Waals surface area contributed by atoms with Crippen molar-refractivity contribution in [3.05, 3.63) is 93.2 Å². The fourth-order valence-corrected chi connectivity index (χ4v) is 2.98. The molecule has 0 bridgehead atoms. The highest BCUT2D eigenvalue weighted by atomic mass is 19.1. The maximum Gasteiger partial charge on any atom is 0.268 e. The smallest absolute Gasteiger partial charge is 0.268 e. The second kappa shape index (κ2) is 8.10. The minimum atomic E-state index is -0.556. The molecule has 0 aliphatic heterocycles. The normalized spacial score (nSPS) is 10.5. The van der Waals surface area contributed by atoms with Gasteiger partial charge in [0, 0.05) is 30.2 Å². The summed E-state index contributed by atoms with van der Waals surface area (Å²) in [6.45, 7) is 3.43. The van der Waals surface area contributed by atoms with Crippen LogP contribution < -0.4 is 16.2 Å². The lowest BCUT2D eigenvalue weighted by atomic mass is 10.1. The van der Waals surface area contributed by atoms with Gasteiger partial charge >= 0.3 is 0 Å². The molecule has 0 spiro atoms. The number of aryl methyl sites for hydroxylation is 2. The molecular formula is C22H20FN3O3. The summed E-state index contributed by atoms with van der Waals surface area (Å²) in [4.78, 5) is 37.5. The minimum absolute atomic E-state index is 0.00778. The molecule has 7 heteroatoms. The third kappa shape index (κ3) is 4.08. The van der Waals surface area contributed by atoms with E-state index < -0.39 is 17.3 Å². The van der Waals surface area contributed by atoms with Crippen LogP contribution in [-0.4, -0.2) is 23.4 Å². The molecule has 0 atom stereocenters. The number of hydrogen-bond acceptors (Lipinski definition) is 3. The molecule has 2 amide bonds. The van der Waals surface area contributed by atoms with Crippen LogP contribution in [0.15, 0.2) is 59.5 Å². The number of benzene rings is 2. The fourth-order valence-electron chi connectivity index (χ4n) is 2.98. The Morgan fingerprint density at radius 1 is 0.931 bits per heavy atom.